The fourth-order valence-electron chi connectivity index (χ4n) is 2.07. The van der Waals surface area contributed by atoms with E-state index in [4.69, 9.17) is 5.73 Å². The maximum absolute atomic E-state index is 13.0. The van der Waals surface area contributed by atoms with E-state index in [9.17, 15) is 4.39 Å². The van der Waals surface area contributed by atoms with Gasteiger partial charge in [-0.25, -0.2) is 4.39 Å². The first-order chi connectivity index (χ1) is 7.15. The molecule has 1 atom stereocenters. The summed E-state index contributed by atoms with van der Waals surface area (Å²) in [5.74, 6) is -0.128. The van der Waals surface area contributed by atoms with Gasteiger partial charge < -0.3 is 5.73 Å². The molecule has 0 radical (unpaired) electrons. The van der Waals surface area contributed by atoms with Crippen LogP contribution in [-0.2, 0) is 6.54 Å². The van der Waals surface area contributed by atoms with Gasteiger partial charge in [0.15, 0.2) is 0 Å². The number of hydrogen-bond donors (Lipinski definition) is 1. The van der Waals surface area contributed by atoms with Crippen molar-refractivity contribution in [3.63, 3.8) is 0 Å². The zero-order valence-electron chi connectivity index (χ0n) is 9.04. The average molecular weight is 208 g/mol. The molecule has 0 saturated carbocycles. The second kappa shape index (κ2) is 4.29. The van der Waals surface area contributed by atoms with Crippen LogP contribution in [0.1, 0.15) is 17.5 Å². The third-order valence-corrected chi connectivity index (χ3v) is 2.94. The molecule has 0 aromatic heterocycles. The van der Waals surface area contributed by atoms with E-state index in [0.717, 1.165) is 31.6 Å². The lowest BCUT2D eigenvalue weighted by atomic mass is 10.1. The lowest BCUT2D eigenvalue weighted by Gasteiger charge is -2.15. The van der Waals surface area contributed by atoms with E-state index in [-0.39, 0.29) is 5.82 Å². The maximum atomic E-state index is 13.0. The number of hydrogen-bond acceptors (Lipinski definition) is 2. The van der Waals surface area contributed by atoms with Crippen molar-refractivity contribution in [3.8, 4) is 0 Å². The lowest BCUT2D eigenvalue weighted by molar-refractivity contribution is 0.326. The molecule has 0 spiro atoms. The van der Waals surface area contributed by atoms with Crippen LogP contribution in [0.4, 0.5) is 4.39 Å². The Morgan fingerprint density at radius 1 is 1.53 bits per heavy atom. The summed E-state index contributed by atoms with van der Waals surface area (Å²) in [6.07, 6.45) is 1.07. The van der Waals surface area contributed by atoms with Crippen LogP contribution in [-0.4, -0.2) is 24.0 Å². The van der Waals surface area contributed by atoms with Gasteiger partial charge in [-0.1, -0.05) is 12.1 Å². The van der Waals surface area contributed by atoms with Gasteiger partial charge in [0.2, 0.25) is 0 Å². The smallest absolute Gasteiger partial charge is 0.126 e. The minimum absolute atomic E-state index is 0.128. The van der Waals surface area contributed by atoms with Crippen molar-refractivity contribution in [2.24, 2.45) is 5.73 Å². The molecule has 2 nitrogen and oxygen atoms in total. The summed E-state index contributed by atoms with van der Waals surface area (Å²) >= 11 is 0. The van der Waals surface area contributed by atoms with E-state index in [1.54, 1.807) is 13.0 Å². The quantitative estimate of drug-likeness (QED) is 0.801. The van der Waals surface area contributed by atoms with E-state index in [0.29, 0.717) is 6.04 Å². The van der Waals surface area contributed by atoms with Gasteiger partial charge in [0, 0.05) is 25.7 Å². The number of nitrogens with zero attached hydrogens (tertiary/aromatic N) is 1. The van der Waals surface area contributed by atoms with Crippen molar-refractivity contribution >= 4 is 0 Å². The molecule has 0 aliphatic carbocycles. The van der Waals surface area contributed by atoms with Gasteiger partial charge in [-0.15, -0.1) is 0 Å². The van der Waals surface area contributed by atoms with Crippen LogP contribution in [0.5, 0.6) is 0 Å². The fraction of sp³-hybridized carbons (Fsp3) is 0.500. The second-order valence-electron chi connectivity index (χ2n) is 4.37. The average Bonchev–Trinajstić information content (AvgIpc) is 2.58. The highest BCUT2D eigenvalue weighted by molar-refractivity contribution is 5.23. The fourth-order valence-corrected chi connectivity index (χ4v) is 2.07. The van der Waals surface area contributed by atoms with Crippen molar-refractivity contribution < 1.29 is 4.39 Å². The summed E-state index contributed by atoms with van der Waals surface area (Å²) in [5.41, 5.74) is 7.72. The SMILES string of the molecule is Cc1cc(CN2CC[C@H](N)C2)ccc1F. The Kier molecular flexibility index (Phi) is 3.03. The van der Waals surface area contributed by atoms with Gasteiger partial charge >= 0.3 is 0 Å². The van der Waals surface area contributed by atoms with Crippen LogP contribution in [0.15, 0.2) is 18.2 Å². The summed E-state index contributed by atoms with van der Waals surface area (Å²) < 4.78 is 13.0. The topological polar surface area (TPSA) is 29.3 Å². The Morgan fingerprint density at radius 2 is 2.33 bits per heavy atom. The van der Waals surface area contributed by atoms with Gasteiger partial charge in [0.25, 0.3) is 0 Å². The predicted molar refractivity (Wildman–Crippen MR) is 59.0 cm³/mol. The highest BCUT2D eigenvalue weighted by Gasteiger charge is 2.18. The molecule has 0 unspecified atom stereocenters. The van der Waals surface area contributed by atoms with Crippen LogP contribution < -0.4 is 5.73 Å². The van der Waals surface area contributed by atoms with E-state index >= 15 is 0 Å². The Balaban J connectivity index is 2.02. The molecule has 0 bridgehead atoms. The molecule has 82 valence electrons. The van der Waals surface area contributed by atoms with Gasteiger partial charge in [0.05, 0.1) is 0 Å². The Hall–Kier alpha value is -0.930. The zero-order chi connectivity index (χ0) is 10.8. The standard InChI is InChI=1S/C12H17FN2/c1-9-6-10(2-3-12(9)13)7-15-5-4-11(14)8-15/h2-3,6,11H,4-5,7-8,14H2,1H3/t11-/m0/s1. The van der Waals surface area contributed by atoms with Gasteiger partial charge in [0.1, 0.15) is 5.82 Å². The highest BCUT2D eigenvalue weighted by Crippen LogP contribution is 2.14. The Morgan fingerprint density at radius 3 is 2.93 bits per heavy atom. The summed E-state index contributed by atoms with van der Waals surface area (Å²) in [6.45, 7) is 4.69. The molecule has 1 aromatic carbocycles. The van der Waals surface area contributed by atoms with Gasteiger partial charge in [-0.3, -0.25) is 4.90 Å². The van der Waals surface area contributed by atoms with Crippen molar-refractivity contribution in [1.82, 2.24) is 4.90 Å². The lowest BCUT2D eigenvalue weighted by Crippen LogP contribution is -2.26. The van der Waals surface area contributed by atoms with Crippen LogP contribution in [0.3, 0.4) is 0 Å². The highest BCUT2D eigenvalue weighted by atomic mass is 19.1. The van der Waals surface area contributed by atoms with Crippen LogP contribution in [0.25, 0.3) is 0 Å². The number of rotatable bonds is 2. The first-order valence-electron chi connectivity index (χ1n) is 5.38. The third-order valence-electron chi connectivity index (χ3n) is 2.94. The van der Waals surface area contributed by atoms with E-state index in [2.05, 4.69) is 4.90 Å². The monoisotopic (exact) mass is 208 g/mol. The van der Waals surface area contributed by atoms with Crippen LogP contribution in [0, 0.1) is 12.7 Å². The van der Waals surface area contributed by atoms with Gasteiger partial charge in [-0.05, 0) is 30.5 Å². The predicted octanol–water partition coefficient (Wildman–Crippen LogP) is 1.67. The zero-order valence-corrected chi connectivity index (χ0v) is 9.04. The van der Waals surface area contributed by atoms with Crippen molar-refractivity contribution in [1.29, 1.82) is 0 Å². The van der Waals surface area contributed by atoms with Crippen LogP contribution >= 0.6 is 0 Å². The molecular formula is C12H17FN2. The molecule has 1 saturated heterocycles. The molecule has 2 rings (SSSR count). The maximum Gasteiger partial charge on any atom is 0.126 e. The van der Waals surface area contributed by atoms with Crippen molar-refractivity contribution in [2.75, 3.05) is 13.1 Å². The molecular weight excluding hydrogens is 191 g/mol. The van der Waals surface area contributed by atoms with Crippen molar-refractivity contribution in [2.45, 2.75) is 25.9 Å². The number of benzene rings is 1. The molecule has 1 heterocycles. The van der Waals surface area contributed by atoms with Crippen molar-refractivity contribution in [3.05, 3.63) is 35.1 Å². The molecule has 2 N–H and O–H groups in total. The molecule has 1 aliphatic rings. The Bertz CT molecular complexity index is 351. The number of nitrogens with two attached hydrogens (primary N) is 1. The molecule has 1 fully saturated rings. The summed E-state index contributed by atoms with van der Waals surface area (Å²) in [6, 6.07) is 5.62. The van der Waals surface area contributed by atoms with E-state index in [1.807, 2.05) is 12.1 Å². The minimum atomic E-state index is -0.128. The summed E-state index contributed by atoms with van der Waals surface area (Å²) in [4.78, 5) is 2.32. The van der Waals surface area contributed by atoms with E-state index < -0.39 is 0 Å². The van der Waals surface area contributed by atoms with Gasteiger partial charge in [-0.2, -0.15) is 0 Å². The van der Waals surface area contributed by atoms with E-state index in [1.165, 1.54) is 5.56 Å². The third kappa shape index (κ3) is 2.55. The Labute approximate surface area is 89.9 Å². The van der Waals surface area contributed by atoms with Crippen LogP contribution in [0.2, 0.25) is 0 Å². The summed E-state index contributed by atoms with van der Waals surface area (Å²) in [5, 5.41) is 0. The number of aryl methyl sites for hydroxylation is 1. The normalized spacial score (nSPS) is 22.2. The molecule has 15 heavy (non-hydrogen) atoms. The molecule has 3 heteroatoms. The molecule has 1 aliphatic heterocycles. The minimum Gasteiger partial charge on any atom is -0.326 e. The second-order valence-corrected chi connectivity index (χ2v) is 4.37. The summed E-state index contributed by atoms with van der Waals surface area (Å²) in [7, 11) is 0. The molecule has 1 aromatic rings. The largest absolute Gasteiger partial charge is 0.326 e. The first-order valence-corrected chi connectivity index (χ1v) is 5.38. The molecule has 0 amide bonds. The number of halogens is 1. The number of likely N-dealkylation sites (tertiary alicyclic amines) is 1. The first kappa shape index (κ1) is 10.6.